The first-order valence-electron chi connectivity index (χ1n) is 48.3. The summed E-state index contributed by atoms with van der Waals surface area (Å²) < 4.78 is 50.6. The second kappa shape index (κ2) is 58.7. The smallest absolute Gasteiger partial charge is 0.320 e. The van der Waals surface area contributed by atoms with Crippen LogP contribution in [0.25, 0.3) is 21.8 Å². The van der Waals surface area contributed by atoms with Crippen molar-refractivity contribution < 1.29 is 86.1 Å². The minimum absolute atomic E-state index is 0.0454. The summed E-state index contributed by atoms with van der Waals surface area (Å²) in [5.41, 5.74) is 15.4. The topological polar surface area (TPSA) is 466 Å². The minimum Gasteiger partial charge on any atom is -0.491 e. The third-order valence-electron chi connectivity index (χ3n) is 24.6. The maximum Gasteiger partial charge on any atom is 0.320 e. The number of fused-ring (bicyclic) bond motifs is 4. The number of rotatable bonds is 60. The fourth-order valence-electron chi connectivity index (χ4n) is 16.7. The molecule has 4 aromatic carbocycles. The molecule has 43 heteroatoms. The van der Waals surface area contributed by atoms with Gasteiger partial charge in [-0.05, 0) is 121 Å². The average Bonchev–Trinajstić information content (AvgIpc) is 1.71. The number of halogens is 4. The van der Waals surface area contributed by atoms with Crippen LogP contribution in [0.2, 0.25) is 20.1 Å². The first-order valence-corrected chi connectivity index (χ1v) is 51.9. The van der Waals surface area contributed by atoms with E-state index in [0.717, 1.165) is 154 Å². The van der Waals surface area contributed by atoms with E-state index < -0.39 is 23.6 Å². The molecule has 8 atom stereocenters. The van der Waals surface area contributed by atoms with Crippen molar-refractivity contribution in [2.24, 2.45) is 37.8 Å². The number of nitrogens with zero attached hydrogens (tertiary/aromatic N) is 12. The number of aliphatic carboxylic acids is 1. The van der Waals surface area contributed by atoms with E-state index in [2.05, 4.69) is 87.0 Å². The monoisotopic (exact) mass is 2050 g/mol. The number of Topliss-reactive ketones (excluding diaryl/α,β-unsaturated/α-hetero) is 4. The highest BCUT2D eigenvalue weighted by Crippen LogP contribution is 2.40. The molecule has 0 bridgehead atoms. The van der Waals surface area contributed by atoms with Gasteiger partial charge in [-0.1, -0.05) is 83.5 Å². The van der Waals surface area contributed by atoms with Crippen molar-refractivity contribution in [1.29, 1.82) is 0 Å². The molecule has 2 aromatic heterocycles. The van der Waals surface area contributed by atoms with Crippen LogP contribution in [0.15, 0.2) is 106 Å². The molecule has 5 amide bonds. The number of unbranched alkanes of at least 4 members (excludes halogenated alkanes) is 2. The molecule has 0 spiro atoms. The molecule has 6 fully saturated rings. The number of ketones is 4. The number of amides is 5. The maximum atomic E-state index is 13.2. The highest BCUT2D eigenvalue weighted by molar-refractivity contribution is 8.00. The Bertz CT molecular complexity index is 4990. The lowest BCUT2D eigenvalue weighted by atomic mass is 9.92. The SMILES string of the molecule is CC(=O)CCOCCCC(=O)CCCC[C@@H]1SC[C@@H]2NC(=O)N[C@@H]21.CC1(CC[C@H](CC(=O)CCOCCOCCCC(=O)CCCC[C@@H]2SC[C@@H]3NC(=O)N[C@@H]32)C(=O)NCCOCCOCCOc2cc(Cl)cc(N3CCN(c4cnnc5c(Cl)cccc45)CC3)c2)N=N1.CC1(CC[C@H](N)C(=O)O)N=N1.NCCOCCOCCOc1cc(Cl)cc(N2CCN(c3cnnc4c(Cl)cccc34)CC2)c1. The predicted molar refractivity (Wildman–Crippen MR) is 540 cm³/mol. The van der Waals surface area contributed by atoms with Crippen LogP contribution in [0.3, 0.4) is 0 Å². The van der Waals surface area contributed by atoms with Crippen LogP contribution in [-0.4, -0.2) is 307 Å². The zero-order valence-electron chi connectivity index (χ0n) is 79.7. The molecule has 6 aromatic rings. The molecule has 8 aliphatic heterocycles. The third-order valence-corrected chi connectivity index (χ3v) is 28.7. The number of carbonyl (C=O) groups excluding carboxylic acids is 7. The summed E-state index contributed by atoms with van der Waals surface area (Å²) in [6.07, 6.45) is 16.0. The standard InChI is InChI=1S/C49H67Cl2N9O9S.C24H29Cl2N5O3.C17H28N2O4S.C6H11N3O2/c1-49(57-58-49)13-11-34(28-38(62)12-20-66-23-22-65-19-5-7-37(61)6-2-3-10-44-46-42(33-70-44)54-48(64)55-46)47(63)52-14-21-67-24-25-68-26-27-69-39-30-35(50)29-36(31-39)59-15-17-60(18-16-59)43-32-53-56-45-40(43)8-4-9-41(45)51;25-18-14-19(16-20(15-18)34-13-12-33-11-10-32-9-4-27)30-5-7-31(8-6-30)23-17-28-29-24-21(23)2-1-3-22(24)26;1-12(20)8-10-23-9-4-6-13(21)5-2-3-7-15-16-14(11-24-15)18-17(22)19-16;1-6(8-9-6)3-2-4(7)5(10)11/h4,8-9,29-32,34,42,44,46H,2-3,5-7,10-28,33H2,1H3,(H,52,63)(H2,54,55,64);1-3,14-17H,4-13,27H2;14-16H,2-11H2,1H3,(H2,18,19,22);4H,2-3,7H2,1H3,(H,10,11)/t34-,42+,44+,46+;;14-,15-,16-;4-/m1.00/s1. The normalized spacial score (nSPS) is 19.3. The van der Waals surface area contributed by atoms with E-state index in [-0.39, 0.29) is 90.4 Å². The van der Waals surface area contributed by atoms with E-state index in [4.69, 9.17) is 106 Å². The van der Waals surface area contributed by atoms with E-state index in [0.29, 0.717) is 218 Å². The summed E-state index contributed by atoms with van der Waals surface area (Å²) in [5, 5.41) is 61.0. The lowest BCUT2D eigenvalue weighted by Gasteiger charge is -2.37. The van der Waals surface area contributed by atoms with Crippen molar-refractivity contribution in [2.75, 3.05) is 202 Å². The maximum absolute atomic E-state index is 13.2. The number of hydrogen-bond acceptors (Lipinski definition) is 33. The highest BCUT2D eigenvalue weighted by Gasteiger charge is 2.44. The summed E-state index contributed by atoms with van der Waals surface area (Å²) in [4.78, 5) is 103. The molecular formula is C96H135Cl4N19O18S2. The van der Waals surface area contributed by atoms with Gasteiger partial charge in [0, 0.05) is 196 Å². The van der Waals surface area contributed by atoms with Crippen LogP contribution in [0, 0.1) is 5.92 Å². The lowest BCUT2D eigenvalue weighted by molar-refractivity contribution is -0.138. The van der Waals surface area contributed by atoms with Gasteiger partial charge in [-0.25, -0.2) is 9.59 Å². The van der Waals surface area contributed by atoms with Gasteiger partial charge in [0.25, 0.3) is 0 Å². The highest BCUT2D eigenvalue weighted by atomic mass is 35.5. The molecule has 8 aliphatic rings. The van der Waals surface area contributed by atoms with Crippen LogP contribution in [0.4, 0.5) is 32.3 Å². The Morgan fingerprint density at radius 1 is 0.496 bits per heavy atom. The quantitative estimate of drug-likeness (QED) is 0.0130. The Morgan fingerprint density at radius 2 is 0.914 bits per heavy atom. The summed E-state index contributed by atoms with van der Waals surface area (Å²) >= 11 is 29.4. The van der Waals surface area contributed by atoms with E-state index in [1.54, 1.807) is 19.2 Å². The Labute approximate surface area is 840 Å². The van der Waals surface area contributed by atoms with Gasteiger partial charge in [-0.3, -0.25) is 28.8 Å². The van der Waals surface area contributed by atoms with Gasteiger partial charge < -0.3 is 105 Å². The van der Waals surface area contributed by atoms with Crippen molar-refractivity contribution in [1.82, 2.24) is 47.0 Å². The first kappa shape index (κ1) is 111. The molecule has 762 valence electrons. The van der Waals surface area contributed by atoms with E-state index in [1.165, 1.54) is 0 Å². The van der Waals surface area contributed by atoms with Crippen LogP contribution in [0.5, 0.6) is 11.5 Å². The van der Waals surface area contributed by atoms with Crippen LogP contribution < -0.4 is 67.1 Å². The summed E-state index contributed by atoms with van der Waals surface area (Å²) in [5.74, 6) is 2.27. The molecular weight excluding hydrogens is 1910 g/mol. The van der Waals surface area contributed by atoms with Gasteiger partial charge in [0.15, 0.2) is 11.3 Å². The Balaban J connectivity index is 0.000000218. The number of carboxylic acids is 1. The Morgan fingerprint density at radius 3 is 1.37 bits per heavy atom. The van der Waals surface area contributed by atoms with Crippen molar-refractivity contribution in [3.05, 3.63) is 105 Å². The minimum atomic E-state index is -0.964. The molecule has 37 nitrogen and oxygen atoms in total. The van der Waals surface area contributed by atoms with Gasteiger partial charge in [0.05, 0.1) is 137 Å². The largest absolute Gasteiger partial charge is 0.491 e. The number of ether oxygens (including phenoxy) is 9. The van der Waals surface area contributed by atoms with Crippen molar-refractivity contribution in [2.45, 2.75) is 195 Å². The van der Waals surface area contributed by atoms with Crippen LogP contribution >= 0.6 is 69.9 Å². The molecule has 0 unspecified atom stereocenters. The number of hydrogen-bond donors (Lipinski definition) is 8. The number of carboxylic acid groups (broad SMARTS) is 1. The fraction of sp³-hybridized carbons (Fsp3) is 0.625. The number of benzene rings is 4. The predicted octanol–water partition coefficient (Wildman–Crippen LogP) is 12.9. The summed E-state index contributed by atoms with van der Waals surface area (Å²) in [7, 11) is 0. The number of nitrogens with two attached hydrogens (primary N) is 2. The van der Waals surface area contributed by atoms with Crippen LogP contribution in [-0.2, 0) is 61.9 Å². The van der Waals surface area contributed by atoms with Gasteiger partial charge in [-0.2, -0.15) is 54.2 Å². The molecule has 14 rings (SSSR count). The van der Waals surface area contributed by atoms with Crippen LogP contribution in [0.1, 0.15) is 143 Å². The zero-order valence-corrected chi connectivity index (χ0v) is 84.3. The average molecular weight is 2050 g/mol. The number of urea groups is 2. The molecule has 0 aliphatic carbocycles. The second-order valence-corrected chi connectivity index (χ2v) is 39.8. The zero-order chi connectivity index (χ0) is 98.7. The molecule has 0 radical (unpaired) electrons. The number of piperazine rings is 2. The molecule has 6 saturated heterocycles. The fourth-order valence-corrected chi connectivity index (χ4v) is 20.6. The number of thioether (sulfide) groups is 2. The second-order valence-electron chi connectivity index (χ2n) is 35.6. The van der Waals surface area contributed by atoms with Crippen molar-refractivity contribution in [3.8, 4) is 11.5 Å². The number of nitrogens with one attached hydrogen (secondary N) is 5. The molecule has 10 heterocycles. The molecule has 0 saturated carbocycles. The van der Waals surface area contributed by atoms with E-state index >= 15 is 0 Å². The summed E-state index contributed by atoms with van der Waals surface area (Å²) in [6, 6.07) is 23.2. The third kappa shape index (κ3) is 38.5. The van der Waals surface area contributed by atoms with Gasteiger partial charge in [0.2, 0.25) is 5.91 Å². The van der Waals surface area contributed by atoms with E-state index in [9.17, 15) is 38.4 Å². The summed E-state index contributed by atoms with van der Waals surface area (Å²) in [6.45, 7) is 19.3. The van der Waals surface area contributed by atoms with Crippen molar-refractivity contribution >= 4 is 162 Å². The van der Waals surface area contributed by atoms with Gasteiger partial charge in [0.1, 0.15) is 64.9 Å². The van der Waals surface area contributed by atoms with Gasteiger partial charge >= 0.3 is 18.0 Å². The molecule has 139 heavy (non-hydrogen) atoms. The van der Waals surface area contributed by atoms with Crippen molar-refractivity contribution in [3.63, 3.8) is 0 Å². The van der Waals surface area contributed by atoms with Gasteiger partial charge in [-0.15, -0.1) is 10.2 Å². The lowest BCUT2D eigenvalue weighted by Crippen LogP contribution is -2.46. The Hall–Kier alpha value is -8.78. The van der Waals surface area contributed by atoms with E-state index in [1.807, 2.05) is 110 Å². The Kier molecular flexibility index (Phi) is 46.7. The number of carbonyl (C=O) groups is 8. The molecule has 10 N–H and O–H groups in total. The first-order chi connectivity index (χ1) is 67.3. The number of anilines is 4. The number of aromatic nitrogens is 4.